The monoisotopic (exact) mass is 299 g/mol. The van der Waals surface area contributed by atoms with Gasteiger partial charge in [-0.3, -0.25) is 0 Å². The Balaban J connectivity index is 2.24. The molecule has 0 aliphatic carbocycles. The number of hydrogen-bond donors (Lipinski definition) is 1. The van der Waals surface area contributed by atoms with Crippen molar-refractivity contribution < 1.29 is 17.9 Å². The molecule has 1 aromatic carbocycles. The minimum Gasteiger partial charge on any atom is -0.497 e. The van der Waals surface area contributed by atoms with Gasteiger partial charge in [-0.1, -0.05) is 0 Å². The van der Waals surface area contributed by atoms with Crippen LogP contribution in [0.5, 0.6) is 11.5 Å². The molecule has 6 heteroatoms. The summed E-state index contributed by atoms with van der Waals surface area (Å²) in [6.45, 7) is 1.78. The summed E-state index contributed by atoms with van der Waals surface area (Å²) < 4.78 is 35.4. The summed E-state index contributed by atoms with van der Waals surface area (Å²) >= 11 is 0. The maximum Gasteiger partial charge on any atom is 0.182 e. The van der Waals surface area contributed by atoms with Crippen LogP contribution in [0.4, 0.5) is 0 Å². The second kappa shape index (κ2) is 6.45. The first-order valence-corrected chi connectivity index (χ1v) is 8.37. The van der Waals surface area contributed by atoms with Crippen molar-refractivity contribution in [2.45, 2.75) is 17.7 Å². The van der Waals surface area contributed by atoms with Crippen LogP contribution in [-0.2, 0) is 9.84 Å². The molecule has 1 aliphatic rings. The fourth-order valence-corrected chi connectivity index (χ4v) is 4.34. The minimum atomic E-state index is -3.34. The summed E-state index contributed by atoms with van der Waals surface area (Å²) in [5, 5.41) is 3.24. The molecule has 1 N–H and O–H groups in total. The third-order valence-electron chi connectivity index (χ3n) is 3.62. The molecule has 1 aliphatic heterocycles. The van der Waals surface area contributed by atoms with Crippen molar-refractivity contribution in [3.63, 3.8) is 0 Å². The summed E-state index contributed by atoms with van der Waals surface area (Å²) in [6, 6.07) is 4.82. The van der Waals surface area contributed by atoms with Gasteiger partial charge in [0.05, 0.1) is 20.0 Å². The highest BCUT2D eigenvalue weighted by atomic mass is 32.2. The summed E-state index contributed by atoms with van der Waals surface area (Å²) in [7, 11) is -0.326. The molecular formula is C14H21NO4S. The molecule has 0 radical (unpaired) electrons. The molecule has 1 saturated heterocycles. The molecule has 1 fully saturated rings. The highest BCUT2D eigenvalue weighted by Crippen LogP contribution is 2.30. The lowest BCUT2D eigenvalue weighted by Crippen LogP contribution is -2.31. The normalized spacial score (nSPS) is 16.9. The Bertz CT molecular complexity index is 550. The molecule has 1 aromatic rings. The molecule has 0 bridgehead atoms. The zero-order valence-electron chi connectivity index (χ0n) is 11.9. The Kier molecular flexibility index (Phi) is 4.88. The molecule has 0 aromatic heterocycles. The van der Waals surface area contributed by atoms with Gasteiger partial charge in [-0.05, 0) is 44.0 Å². The lowest BCUT2D eigenvalue weighted by Gasteiger charge is -2.22. The smallest absolute Gasteiger partial charge is 0.182 e. The molecule has 0 amide bonds. The summed E-state index contributed by atoms with van der Waals surface area (Å²) in [5.74, 6) is 1.33. The number of ether oxygens (including phenoxy) is 2. The van der Waals surface area contributed by atoms with Crippen LogP contribution in [0, 0.1) is 5.92 Å². The topological polar surface area (TPSA) is 64.6 Å². The molecular weight excluding hydrogens is 278 g/mol. The average molecular weight is 299 g/mol. The quantitative estimate of drug-likeness (QED) is 0.892. The van der Waals surface area contributed by atoms with Gasteiger partial charge in [0, 0.05) is 6.07 Å². The predicted octanol–water partition coefficient (Wildman–Crippen LogP) is 1.48. The van der Waals surface area contributed by atoms with Crippen LogP contribution in [0.3, 0.4) is 0 Å². The first-order chi connectivity index (χ1) is 9.56. The zero-order valence-corrected chi connectivity index (χ0v) is 12.7. The van der Waals surface area contributed by atoms with Gasteiger partial charge in [-0.25, -0.2) is 8.42 Å². The maximum atomic E-state index is 12.5. The van der Waals surface area contributed by atoms with E-state index in [4.69, 9.17) is 9.47 Å². The van der Waals surface area contributed by atoms with Crippen molar-refractivity contribution in [2.75, 3.05) is 33.1 Å². The van der Waals surface area contributed by atoms with E-state index in [2.05, 4.69) is 5.32 Å². The first kappa shape index (κ1) is 15.1. The van der Waals surface area contributed by atoms with Gasteiger partial charge in [0.25, 0.3) is 0 Å². The second-order valence-corrected chi connectivity index (χ2v) is 6.99. The van der Waals surface area contributed by atoms with Crippen molar-refractivity contribution in [1.29, 1.82) is 0 Å². The van der Waals surface area contributed by atoms with Gasteiger partial charge in [-0.15, -0.1) is 0 Å². The van der Waals surface area contributed by atoms with Crippen molar-refractivity contribution in [1.82, 2.24) is 5.32 Å². The predicted molar refractivity (Wildman–Crippen MR) is 77.2 cm³/mol. The van der Waals surface area contributed by atoms with Crippen LogP contribution in [0.2, 0.25) is 0 Å². The largest absolute Gasteiger partial charge is 0.497 e. The Morgan fingerprint density at radius 1 is 1.20 bits per heavy atom. The summed E-state index contributed by atoms with van der Waals surface area (Å²) in [4.78, 5) is 0.249. The van der Waals surface area contributed by atoms with Gasteiger partial charge >= 0.3 is 0 Å². The van der Waals surface area contributed by atoms with E-state index in [-0.39, 0.29) is 16.6 Å². The number of piperidine rings is 1. The molecule has 20 heavy (non-hydrogen) atoms. The summed E-state index contributed by atoms with van der Waals surface area (Å²) in [6.07, 6.45) is 1.80. The van der Waals surface area contributed by atoms with E-state index in [9.17, 15) is 8.42 Å². The number of rotatable bonds is 5. The second-order valence-electron chi connectivity index (χ2n) is 4.99. The molecule has 1 heterocycles. The van der Waals surface area contributed by atoms with Crippen molar-refractivity contribution >= 4 is 9.84 Å². The first-order valence-electron chi connectivity index (χ1n) is 6.72. The van der Waals surface area contributed by atoms with Crippen molar-refractivity contribution in [3.8, 4) is 11.5 Å². The highest BCUT2D eigenvalue weighted by molar-refractivity contribution is 7.91. The molecule has 0 saturated carbocycles. The fourth-order valence-electron chi connectivity index (χ4n) is 2.48. The van der Waals surface area contributed by atoms with Gasteiger partial charge in [0.2, 0.25) is 0 Å². The lowest BCUT2D eigenvalue weighted by atomic mass is 10.0. The van der Waals surface area contributed by atoms with E-state index in [0.29, 0.717) is 11.5 Å². The van der Waals surface area contributed by atoms with Gasteiger partial charge in [-0.2, -0.15) is 0 Å². The average Bonchev–Trinajstić information content (AvgIpc) is 2.47. The molecule has 112 valence electrons. The molecule has 5 nitrogen and oxygen atoms in total. The third-order valence-corrected chi connectivity index (χ3v) is 5.54. The highest BCUT2D eigenvalue weighted by Gasteiger charge is 2.25. The van der Waals surface area contributed by atoms with Crippen LogP contribution in [0.1, 0.15) is 12.8 Å². The van der Waals surface area contributed by atoms with Gasteiger partial charge in [0.15, 0.2) is 9.84 Å². The third kappa shape index (κ3) is 3.43. The lowest BCUT2D eigenvalue weighted by molar-refractivity contribution is 0.384. The van der Waals surface area contributed by atoms with Crippen LogP contribution < -0.4 is 14.8 Å². The van der Waals surface area contributed by atoms with Crippen LogP contribution in [0.25, 0.3) is 0 Å². The Hall–Kier alpha value is -1.27. The Labute approximate surface area is 120 Å². The number of methoxy groups -OCH3 is 2. The Morgan fingerprint density at radius 3 is 2.50 bits per heavy atom. The number of nitrogens with one attached hydrogen (secondary N) is 1. The van der Waals surface area contributed by atoms with Crippen LogP contribution >= 0.6 is 0 Å². The molecule has 0 spiro atoms. The van der Waals surface area contributed by atoms with Crippen LogP contribution in [-0.4, -0.2) is 41.5 Å². The molecule has 0 unspecified atom stereocenters. The van der Waals surface area contributed by atoms with E-state index in [1.165, 1.54) is 14.2 Å². The van der Waals surface area contributed by atoms with Gasteiger partial charge in [0.1, 0.15) is 16.4 Å². The summed E-state index contributed by atoms with van der Waals surface area (Å²) in [5.41, 5.74) is 0. The SMILES string of the molecule is COc1ccc(S(=O)(=O)CC2CCNCC2)c(OC)c1. The van der Waals surface area contributed by atoms with E-state index in [1.807, 2.05) is 0 Å². The molecule has 2 rings (SSSR count). The number of sulfone groups is 1. The van der Waals surface area contributed by atoms with Crippen molar-refractivity contribution in [3.05, 3.63) is 18.2 Å². The number of benzene rings is 1. The van der Waals surface area contributed by atoms with E-state index in [1.54, 1.807) is 18.2 Å². The minimum absolute atomic E-state index is 0.178. The van der Waals surface area contributed by atoms with Crippen molar-refractivity contribution in [2.24, 2.45) is 5.92 Å². The van der Waals surface area contributed by atoms with Gasteiger partial charge < -0.3 is 14.8 Å². The van der Waals surface area contributed by atoms with E-state index >= 15 is 0 Å². The fraction of sp³-hybridized carbons (Fsp3) is 0.571. The Morgan fingerprint density at radius 2 is 1.90 bits per heavy atom. The standard InChI is InChI=1S/C14H21NO4S/c1-18-12-3-4-14(13(9-12)19-2)20(16,17)10-11-5-7-15-8-6-11/h3-4,9,11,15H,5-8,10H2,1-2H3. The van der Waals surface area contributed by atoms with Crippen LogP contribution in [0.15, 0.2) is 23.1 Å². The van der Waals surface area contributed by atoms with E-state index < -0.39 is 9.84 Å². The molecule has 0 atom stereocenters. The van der Waals surface area contributed by atoms with E-state index in [0.717, 1.165) is 25.9 Å². The number of hydrogen-bond acceptors (Lipinski definition) is 5. The maximum absolute atomic E-state index is 12.5. The zero-order chi connectivity index (χ0) is 14.6.